The van der Waals surface area contributed by atoms with Crippen LogP contribution >= 0.6 is 0 Å². The second kappa shape index (κ2) is 4.53. The molecule has 0 aromatic carbocycles. The molecule has 0 atom stereocenters. The lowest BCUT2D eigenvalue weighted by Gasteiger charge is -2.34. The third-order valence-electron chi connectivity index (χ3n) is 2.70. The summed E-state index contributed by atoms with van der Waals surface area (Å²) in [5.41, 5.74) is 7.02. The van der Waals surface area contributed by atoms with E-state index in [-0.39, 0.29) is 5.54 Å². The van der Waals surface area contributed by atoms with Crippen LogP contribution in [0.2, 0.25) is 0 Å². The van der Waals surface area contributed by atoms with Crippen LogP contribution in [-0.4, -0.2) is 29.0 Å². The Morgan fingerprint density at radius 3 is 2.43 bits per heavy atom. The van der Waals surface area contributed by atoms with Crippen LogP contribution in [0.25, 0.3) is 0 Å². The van der Waals surface area contributed by atoms with E-state index in [1.165, 1.54) is 5.56 Å². The van der Waals surface area contributed by atoms with Gasteiger partial charge in [-0.1, -0.05) is 0 Å². The topological polar surface area (TPSA) is 42.2 Å². The number of nitrogens with two attached hydrogens (primary N) is 1. The Morgan fingerprint density at radius 2 is 1.93 bits per heavy atom. The summed E-state index contributed by atoms with van der Waals surface area (Å²) in [7, 11) is 2.09. The molecule has 0 spiro atoms. The van der Waals surface area contributed by atoms with Gasteiger partial charge >= 0.3 is 0 Å². The summed E-state index contributed by atoms with van der Waals surface area (Å²) in [6, 6.07) is 4.06. The van der Waals surface area contributed by atoms with Gasteiger partial charge in [0.15, 0.2) is 0 Å². The van der Waals surface area contributed by atoms with E-state index < -0.39 is 0 Å². The zero-order valence-corrected chi connectivity index (χ0v) is 9.20. The van der Waals surface area contributed by atoms with Crippen molar-refractivity contribution in [1.29, 1.82) is 0 Å². The number of aromatic nitrogens is 1. The van der Waals surface area contributed by atoms with Crippen molar-refractivity contribution < 1.29 is 0 Å². The van der Waals surface area contributed by atoms with Crippen LogP contribution in [0.1, 0.15) is 19.4 Å². The Labute approximate surface area is 85.9 Å². The molecule has 1 aromatic rings. The molecule has 0 saturated heterocycles. The smallest absolute Gasteiger partial charge is 0.0275 e. The van der Waals surface area contributed by atoms with Gasteiger partial charge in [-0.25, -0.2) is 0 Å². The molecule has 1 aromatic heterocycles. The Bertz CT molecular complexity index is 269. The predicted octanol–water partition coefficient (Wildman–Crippen LogP) is 1.25. The van der Waals surface area contributed by atoms with E-state index in [0.29, 0.717) is 6.54 Å². The van der Waals surface area contributed by atoms with Gasteiger partial charge in [-0.3, -0.25) is 9.88 Å². The van der Waals surface area contributed by atoms with Crippen molar-refractivity contribution in [3.63, 3.8) is 0 Å². The van der Waals surface area contributed by atoms with Gasteiger partial charge in [0.1, 0.15) is 0 Å². The maximum Gasteiger partial charge on any atom is 0.0275 e. The molecule has 0 radical (unpaired) electrons. The van der Waals surface area contributed by atoms with Crippen LogP contribution in [0, 0.1) is 0 Å². The number of likely N-dealkylation sites (N-methyl/N-ethyl adjacent to an activating group) is 1. The first-order chi connectivity index (χ1) is 6.56. The first kappa shape index (κ1) is 11.1. The molecule has 0 aliphatic heterocycles. The van der Waals surface area contributed by atoms with Crippen LogP contribution in [-0.2, 0) is 6.54 Å². The van der Waals surface area contributed by atoms with E-state index in [9.17, 15) is 0 Å². The number of nitrogens with zero attached hydrogens (tertiary/aromatic N) is 2. The first-order valence-electron chi connectivity index (χ1n) is 4.86. The quantitative estimate of drug-likeness (QED) is 0.782. The van der Waals surface area contributed by atoms with E-state index in [0.717, 1.165) is 6.54 Å². The molecule has 78 valence electrons. The molecule has 14 heavy (non-hydrogen) atoms. The Hall–Kier alpha value is -0.930. The van der Waals surface area contributed by atoms with Crippen molar-refractivity contribution in [1.82, 2.24) is 9.88 Å². The van der Waals surface area contributed by atoms with Gasteiger partial charge in [-0.2, -0.15) is 0 Å². The molecule has 3 nitrogen and oxygen atoms in total. The van der Waals surface area contributed by atoms with Crippen molar-refractivity contribution >= 4 is 0 Å². The molecular weight excluding hydrogens is 174 g/mol. The summed E-state index contributed by atoms with van der Waals surface area (Å²) >= 11 is 0. The lowest BCUT2D eigenvalue weighted by molar-refractivity contribution is 0.155. The third-order valence-corrected chi connectivity index (χ3v) is 2.70. The fraction of sp³-hybridized carbons (Fsp3) is 0.545. The fourth-order valence-electron chi connectivity index (χ4n) is 1.13. The minimum atomic E-state index is 0.0449. The van der Waals surface area contributed by atoms with Gasteiger partial charge in [0.25, 0.3) is 0 Å². The molecule has 0 fully saturated rings. The van der Waals surface area contributed by atoms with Crippen LogP contribution in [0.3, 0.4) is 0 Å². The van der Waals surface area contributed by atoms with E-state index in [4.69, 9.17) is 5.73 Å². The van der Waals surface area contributed by atoms with E-state index >= 15 is 0 Å². The summed E-state index contributed by atoms with van der Waals surface area (Å²) in [5, 5.41) is 0. The highest BCUT2D eigenvalue weighted by molar-refractivity contribution is 5.09. The average Bonchev–Trinajstić information content (AvgIpc) is 2.19. The van der Waals surface area contributed by atoms with Crippen LogP contribution in [0.4, 0.5) is 0 Å². The highest BCUT2D eigenvalue weighted by atomic mass is 15.2. The average molecular weight is 193 g/mol. The standard InChI is InChI=1S/C11H19N3/c1-11(2,9-12)14(3)8-10-4-6-13-7-5-10/h4-7H,8-9,12H2,1-3H3. The number of rotatable bonds is 4. The molecule has 0 unspecified atom stereocenters. The van der Waals surface area contributed by atoms with Crippen molar-refractivity contribution in [2.45, 2.75) is 25.9 Å². The van der Waals surface area contributed by atoms with Gasteiger partial charge < -0.3 is 5.73 Å². The van der Waals surface area contributed by atoms with E-state index in [2.05, 4.69) is 30.8 Å². The second-order valence-electron chi connectivity index (χ2n) is 4.23. The number of pyridine rings is 1. The van der Waals surface area contributed by atoms with Crippen molar-refractivity contribution in [2.24, 2.45) is 5.73 Å². The molecule has 0 amide bonds. The minimum Gasteiger partial charge on any atom is -0.329 e. The maximum absolute atomic E-state index is 5.71. The van der Waals surface area contributed by atoms with Crippen LogP contribution in [0.5, 0.6) is 0 Å². The zero-order valence-electron chi connectivity index (χ0n) is 9.20. The van der Waals surface area contributed by atoms with Crippen molar-refractivity contribution in [3.05, 3.63) is 30.1 Å². The predicted molar refractivity (Wildman–Crippen MR) is 58.8 cm³/mol. The Balaban J connectivity index is 2.62. The summed E-state index contributed by atoms with van der Waals surface area (Å²) < 4.78 is 0. The number of hydrogen-bond acceptors (Lipinski definition) is 3. The molecule has 0 aliphatic rings. The third kappa shape index (κ3) is 2.79. The Kier molecular flexibility index (Phi) is 3.61. The molecule has 3 heteroatoms. The van der Waals surface area contributed by atoms with Crippen LogP contribution < -0.4 is 5.73 Å². The molecule has 2 N–H and O–H groups in total. The van der Waals surface area contributed by atoms with Crippen molar-refractivity contribution in [3.8, 4) is 0 Å². The molecule has 0 aliphatic carbocycles. The lowest BCUT2D eigenvalue weighted by atomic mass is 10.0. The van der Waals surface area contributed by atoms with Gasteiger partial charge in [-0.05, 0) is 38.6 Å². The van der Waals surface area contributed by atoms with E-state index in [1.54, 1.807) is 0 Å². The fourth-order valence-corrected chi connectivity index (χ4v) is 1.13. The van der Waals surface area contributed by atoms with E-state index in [1.807, 2.05) is 24.5 Å². The molecule has 1 heterocycles. The van der Waals surface area contributed by atoms with Gasteiger partial charge in [-0.15, -0.1) is 0 Å². The summed E-state index contributed by atoms with van der Waals surface area (Å²) in [6.45, 7) is 5.86. The minimum absolute atomic E-state index is 0.0449. The summed E-state index contributed by atoms with van der Waals surface area (Å²) in [4.78, 5) is 6.24. The zero-order chi connectivity index (χ0) is 10.6. The van der Waals surface area contributed by atoms with Gasteiger partial charge in [0.2, 0.25) is 0 Å². The van der Waals surface area contributed by atoms with Crippen LogP contribution in [0.15, 0.2) is 24.5 Å². The van der Waals surface area contributed by atoms with Gasteiger partial charge in [0, 0.05) is 31.0 Å². The van der Waals surface area contributed by atoms with Gasteiger partial charge in [0.05, 0.1) is 0 Å². The Morgan fingerprint density at radius 1 is 1.36 bits per heavy atom. The highest BCUT2D eigenvalue weighted by Gasteiger charge is 2.21. The molecule has 0 bridgehead atoms. The monoisotopic (exact) mass is 193 g/mol. The SMILES string of the molecule is CN(Cc1ccncc1)C(C)(C)CN. The largest absolute Gasteiger partial charge is 0.329 e. The first-order valence-corrected chi connectivity index (χ1v) is 4.86. The highest BCUT2D eigenvalue weighted by Crippen LogP contribution is 2.13. The lowest BCUT2D eigenvalue weighted by Crippen LogP contribution is -2.46. The maximum atomic E-state index is 5.71. The summed E-state index contributed by atoms with van der Waals surface area (Å²) in [5.74, 6) is 0. The molecule has 0 saturated carbocycles. The molecular formula is C11H19N3. The van der Waals surface area contributed by atoms with Crippen molar-refractivity contribution in [2.75, 3.05) is 13.6 Å². The molecule has 1 rings (SSSR count). The second-order valence-corrected chi connectivity index (χ2v) is 4.23. The normalized spacial score (nSPS) is 12.1. The number of hydrogen-bond donors (Lipinski definition) is 1. The summed E-state index contributed by atoms with van der Waals surface area (Å²) in [6.07, 6.45) is 3.64.